The smallest absolute Gasteiger partial charge is 0.255 e. The van der Waals surface area contributed by atoms with Crippen LogP contribution < -0.4 is 10.6 Å². The zero-order valence-electron chi connectivity index (χ0n) is 12.2. The van der Waals surface area contributed by atoms with E-state index >= 15 is 0 Å². The second-order valence-corrected chi connectivity index (χ2v) is 4.89. The van der Waals surface area contributed by atoms with E-state index in [1.165, 1.54) is 11.9 Å². The molecule has 0 fully saturated rings. The maximum atomic E-state index is 12.5. The summed E-state index contributed by atoms with van der Waals surface area (Å²) in [6, 6.07) is 4.85. The van der Waals surface area contributed by atoms with Gasteiger partial charge in [0.25, 0.3) is 5.91 Å². The van der Waals surface area contributed by atoms with Gasteiger partial charge in [-0.05, 0) is 18.6 Å². The van der Waals surface area contributed by atoms with Gasteiger partial charge in [-0.3, -0.25) is 9.59 Å². The molecule has 112 valence electrons. The number of aldehydes is 1. The number of nitrogens with one attached hydrogen (secondary N) is 2. The lowest BCUT2D eigenvalue weighted by Gasteiger charge is -2.25. The van der Waals surface area contributed by atoms with Crippen molar-refractivity contribution in [3.05, 3.63) is 29.3 Å². The van der Waals surface area contributed by atoms with E-state index < -0.39 is 6.04 Å². The summed E-state index contributed by atoms with van der Waals surface area (Å²) in [5, 5.41) is 5.62. The molecule has 2 amide bonds. The second kappa shape index (κ2) is 6.39. The van der Waals surface area contributed by atoms with Crippen LogP contribution in [0.25, 0.3) is 0 Å². The fourth-order valence-corrected chi connectivity index (χ4v) is 2.66. The third-order valence-corrected chi connectivity index (χ3v) is 3.75. The number of carbonyl (C=O) groups is 3. The Bertz CT molecular complexity index is 571. The number of nitrogens with zero attached hydrogens (tertiary/aromatic N) is 1. The van der Waals surface area contributed by atoms with Gasteiger partial charge in [-0.15, -0.1) is 0 Å². The standard InChI is InChI=1S/C15H19N3O3/c1-16-12-6-3-5-10-11(12)9-18(15(10)21)13(7-4-8-19)14(20)17-2/h3,5-6,8,13,16H,4,7,9H2,1-2H3,(H,17,20). The Labute approximate surface area is 123 Å². The number of carbonyl (C=O) groups excluding carboxylic acids is 3. The molecular weight excluding hydrogens is 270 g/mol. The van der Waals surface area contributed by atoms with E-state index in [2.05, 4.69) is 10.6 Å². The molecule has 0 saturated carbocycles. The molecule has 1 unspecified atom stereocenters. The number of rotatable bonds is 6. The van der Waals surface area contributed by atoms with Gasteiger partial charge in [-0.1, -0.05) is 6.07 Å². The van der Waals surface area contributed by atoms with Gasteiger partial charge in [0.15, 0.2) is 0 Å². The summed E-state index contributed by atoms with van der Waals surface area (Å²) >= 11 is 0. The maximum Gasteiger partial charge on any atom is 0.255 e. The number of hydrogen-bond acceptors (Lipinski definition) is 4. The third kappa shape index (κ3) is 2.74. The zero-order valence-corrected chi connectivity index (χ0v) is 12.2. The van der Waals surface area contributed by atoms with E-state index in [4.69, 9.17) is 0 Å². The van der Waals surface area contributed by atoms with E-state index in [-0.39, 0.29) is 18.2 Å². The number of fused-ring (bicyclic) bond motifs is 1. The lowest BCUT2D eigenvalue weighted by Crippen LogP contribution is -2.46. The van der Waals surface area contributed by atoms with E-state index in [9.17, 15) is 14.4 Å². The van der Waals surface area contributed by atoms with Crippen molar-refractivity contribution in [3.63, 3.8) is 0 Å². The molecule has 0 bridgehead atoms. The Morgan fingerprint density at radius 1 is 1.43 bits per heavy atom. The van der Waals surface area contributed by atoms with Gasteiger partial charge in [0.1, 0.15) is 12.3 Å². The van der Waals surface area contributed by atoms with Crippen molar-refractivity contribution < 1.29 is 14.4 Å². The number of hydrogen-bond donors (Lipinski definition) is 2. The molecule has 1 aliphatic heterocycles. The minimum absolute atomic E-state index is 0.165. The average Bonchev–Trinajstić information content (AvgIpc) is 2.84. The molecule has 6 nitrogen and oxygen atoms in total. The molecule has 0 aromatic heterocycles. The van der Waals surface area contributed by atoms with Gasteiger partial charge in [-0.2, -0.15) is 0 Å². The van der Waals surface area contributed by atoms with E-state index in [0.29, 0.717) is 18.5 Å². The largest absolute Gasteiger partial charge is 0.388 e. The van der Waals surface area contributed by atoms with Crippen LogP contribution >= 0.6 is 0 Å². The summed E-state index contributed by atoms with van der Waals surface area (Å²) in [5.74, 6) is -0.411. The highest BCUT2D eigenvalue weighted by molar-refractivity contribution is 6.02. The monoisotopic (exact) mass is 289 g/mol. The van der Waals surface area contributed by atoms with Crippen molar-refractivity contribution in [3.8, 4) is 0 Å². The lowest BCUT2D eigenvalue weighted by atomic mass is 10.1. The summed E-state index contributed by atoms with van der Waals surface area (Å²) in [4.78, 5) is 36.7. The first-order chi connectivity index (χ1) is 10.1. The fraction of sp³-hybridized carbons (Fsp3) is 0.400. The molecule has 0 aliphatic carbocycles. The number of anilines is 1. The van der Waals surface area contributed by atoms with Crippen LogP contribution in [0.2, 0.25) is 0 Å². The molecule has 2 N–H and O–H groups in total. The summed E-state index contributed by atoms with van der Waals surface area (Å²) in [5.41, 5.74) is 2.39. The van der Waals surface area contributed by atoms with Crippen LogP contribution in [-0.4, -0.2) is 43.1 Å². The van der Waals surface area contributed by atoms with Crippen LogP contribution in [-0.2, 0) is 16.1 Å². The van der Waals surface area contributed by atoms with E-state index in [1.807, 2.05) is 12.1 Å². The summed E-state index contributed by atoms with van der Waals surface area (Å²) < 4.78 is 0. The molecule has 0 spiro atoms. The lowest BCUT2D eigenvalue weighted by molar-refractivity contribution is -0.125. The molecule has 21 heavy (non-hydrogen) atoms. The Hall–Kier alpha value is -2.37. The first-order valence-electron chi connectivity index (χ1n) is 6.89. The predicted molar refractivity (Wildman–Crippen MR) is 79.0 cm³/mol. The van der Waals surface area contributed by atoms with E-state index in [1.54, 1.807) is 13.1 Å². The third-order valence-electron chi connectivity index (χ3n) is 3.75. The predicted octanol–water partition coefficient (Wildman–Crippen LogP) is 0.778. The number of amides is 2. The molecule has 1 aliphatic rings. The van der Waals surface area contributed by atoms with Gasteiger partial charge in [-0.25, -0.2) is 0 Å². The second-order valence-electron chi connectivity index (χ2n) is 4.89. The van der Waals surface area contributed by atoms with Gasteiger partial charge < -0.3 is 20.3 Å². The first kappa shape index (κ1) is 15.0. The minimum atomic E-state index is -0.621. The van der Waals surface area contributed by atoms with Gasteiger partial charge >= 0.3 is 0 Å². The Morgan fingerprint density at radius 2 is 2.19 bits per heavy atom. The minimum Gasteiger partial charge on any atom is -0.388 e. The van der Waals surface area contributed by atoms with Gasteiger partial charge in [0, 0.05) is 43.9 Å². The Kier molecular flexibility index (Phi) is 4.57. The summed E-state index contributed by atoms with van der Waals surface area (Å²) in [7, 11) is 3.33. The van der Waals surface area contributed by atoms with Crippen LogP contribution in [0.3, 0.4) is 0 Å². The van der Waals surface area contributed by atoms with Crippen molar-refractivity contribution >= 4 is 23.8 Å². The van der Waals surface area contributed by atoms with Crippen molar-refractivity contribution in [2.45, 2.75) is 25.4 Å². The fourth-order valence-electron chi connectivity index (χ4n) is 2.66. The zero-order chi connectivity index (χ0) is 15.4. The van der Waals surface area contributed by atoms with Crippen LogP contribution in [0.4, 0.5) is 5.69 Å². The molecule has 1 aromatic carbocycles. The van der Waals surface area contributed by atoms with E-state index in [0.717, 1.165) is 17.5 Å². The molecule has 1 atom stereocenters. The van der Waals surface area contributed by atoms with Crippen LogP contribution in [0.1, 0.15) is 28.8 Å². The normalized spacial score (nSPS) is 14.6. The quantitative estimate of drug-likeness (QED) is 0.759. The summed E-state index contributed by atoms with van der Waals surface area (Å²) in [6.45, 7) is 0.377. The van der Waals surface area contributed by atoms with Crippen molar-refractivity contribution in [2.75, 3.05) is 19.4 Å². The molecule has 1 heterocycles. The van der Waals surface area contributed by atoms with Crippen LogP contribution in [0.15, 0.2) is 18.2 Å². The van der Waals surface area contributed by atoms with Crippen LogP contribution in [0, 0.1) is 0 Å². The van der Waals surface area contributed by atoms with Gasteiger partial charge in [0.05, 0.1) is 0 Å². The highest BCUT2D eigenvalue weighted by Gasteiger charge is 2.36. The molecule has 0 radical (unpaired) electrons. The Morgan fingerprint density at radius 3 is 2.81 bits per heavy atom. The highest BCUT2D eigenvalue weighted by atomic mass is 16.2. The topological polar surface area (TPSA) is 78.5 Å². The molecule has 2 rings (SSSR count). The molecule has 6 heteroatoms. The van der Waals surface area contributed by atoms with Gasteiger partial charge in [0.2, 0.25) is 5.91 Å². The van der Waals surface area contributed by atoms with Crippen molar-refractivity contribution in [1.29, 1.82) is 0 Å². The SMILES string of the molecule is CNC(=O)C(CCC=O)N1Cc2c(NC)cccc2C1=O. The number of likely N-dealkylation sites (N-methyl/N-ethyl adjacent to an activating group) is 1. The number of benzene rings is 1. The average molecular weight is 289 g/mol. The molecule has 0 saturated heterocycles. The Balaban J connectivity index is 2.31. The molecule has 1 aromatic rings. The molecular formula is C15H19N3O3. The first-order valence-corrected chi connectivity index (χ1v) is 6.89. The van der Waals surface area contributed by atoms with Crippen molar-refractivity contribution in [1.82, 2.24) is 10.2 Å². The highest BCUT2D eigenvalue weighted by Crippen LogP contribution is 2.31. The van der Waals surface area contributed by atoms with Crippen molar-refractivity contribution in [2.24, 2.45) is 0 Å². The summed E-state index contributed by atoms with van der Waals surface area (Å²) in [6.07, 6.45) is 1.34. The van der Waals surface area contributed by atoms with Crippen LogP contribution in [0.5, 0.6) is 0 Å². The maximum absolute atomic E-state index is 12.5.